The molecule has 8 nitrogen and oxygen atoms in total. The van der Waals surface area contributed by atoms with Crippen molar-refractivity contribution in [2.45, 2.75) is 19.3 Å². The maximum absolute atomic E-state index is 6.33. The summed E-state index contributed by atoms with van der Waals surface area (Å²) < 4.78 is 18.3. The summed E-state index contributed by atoms with van der Waals surface area (Å²) in [5.41, 5.74) is 31.9. The van der Waals surface area contributed by atoms with Crippen LogP contribution in [0.2, 0.25) is 0 Å². The first-order valence-electron chi connectivity index (χ1n) is 40.2. The van der Waals surface area contributed by atoms with Crippen LogP contribution in [0.25, 0.3) is 227 Å². The zero-order valence-electron chi connectivity index (χ0n) is 63.9. The Bertz CT molecular complexity index is 8150. The molecule has 1 aliphatic rings. The van der Waals surface area contributed by atoms with Crippen molar-refractivity contribution in [3.05, 3.63) is 393 Å². The van der Waals surface area contributed by atoms with Gasteiger partial charge < -0.3 is 18.1 Å². The first-order valence-corrected chi connectivity index (χ1v) is 40.2. The maximum Gasteiger partial charge on any atom is 0.237 e. The summed E-state index contributed by atoms with van der Waals surface area (Å²) in [5, 5.41) is 14.0. The predicted molar refractivity (Wildman–Crippen MR) is 486 cm³/mol. The molecule has 117 heavy (non-hydrogen) atoms. The first-order chi connectivity index (χ1) is 57.7. The minimum absolute atomic E-state index is 0.244. The summed E-state index contributed by atoms with van der Waals surface area (Å²) in [6.45, 7) is 4.72. The SMILES string of the molecule is CC1(C)c2ccccc2-c2cc3c4ccccc4n(-c4nc(-c5cccc(-c6cccc(-n7c8cc(-c9ccc%10c(c9)c9ccccc9n%10-c9ccccc9)ccc8c8ccc(-c9ccc%10c(c9)c9ccccc9n%10-c9ccccc9)cc87)c6)c5)cc(-n5c6ccccc6c6cc(-c7ccc8oc9ccccc9c8c7)ccc65)n4)c3cc21. The number of hydrogen-bond acceptors (Lipinski definition) is 3. The van der Waals surface area contributed by atoms with E-state index in [9.17, 15) is 0 Å². The molecule has 24 aromatic rings. The van der Waals surface area contributed by atoms with Crippen LogP contribution < -0.4 is 0 Å². The van der Waals surface area contributed by atoms with Gasteiger partial charge in [-0.3, -0.25) is 9.13 Å². The van der Waals surface area contributed by atoms with Crippen LogP contribution in [-0.2, 0) is 5.41 Å². The quantitative estimate of drug-likeness (QED) is 0.137. The average molecular weight is 1490 g/mol. The fourth-order valence-electron chi connectivity index (χ4n) is 19.8. The van der Waals surface area contributed by atoms with Gasteiger partial charge in [0.2, 0.25) is 5.95 Å². The van der Waals surface area contributed by atoms with Gasteiger partial charge in [-0.2, -0.15) is 4.98 Å². The summed E-state index contributed by atoms with van der Waals surface area (Å²) in [6, 6.07) is 141. The second-order valence-electron chi connectivity index (χ2n) is 32.0. The number of para-hydroxylation sites is 7. The molecule has 0 N–H and O–H groups in total. The second kappa shape index (κ2) is 24.8. The van der Waals surface area contributed by atoms with E-state index in [1.54, 1.807) is 0 Å². The van der Waals surface area contributed by atoms with Gasteiger partial charge in [-0.1, -0.05) is 244 Å². The van der Waals surface area contributed by atoms with Gasteiger partial charge >= 0.3 is 0 Å². The van der Waals surface area contributed by atoms with E-state index >= 15 is 0 Å². The zero-order chi connectivity index (χ0) is 76.9. The van der Waals surface area contributed by atoms with Gasteiger partial charge in [0, 0.05) is 98.7 Å². The fraction of sp³-hybridized carbons (Fsp3) is 0.0275. The minimum Gasteiger partial charge on any atom is -0.456 e. The normalized spacial score (nSPS) is 12.8. The summed E-state index contributed by atoms with van der Waals surface area (Å²) in [5.74, 6) is 1.34. The number of fused-ring (bicyclic) bond motifs is 21. The summed E-state index contributed by atoms with van der Waals surface area (Å²) in [6.07, 6.45) is 0. The molecule has 0 radical (unpaired) electrons. The van der Waals surface area contributed by atoms with Crippen molar-refractivity contribution in [2.24, 2.45) is 0 Å². The van der Waals surface area contributed by atoms with Crippen molar-refractivity contribution in [3.63, 3.8) is 0 Å². The third kappa shape index (κ3) is 9.76. The predicted octanol–water partition coefficient (Wildman–Crippen LogP) is 28.5. The molecule has 0 fully saturated rings. The Labute approximate surface area is 672 Å². The van der Waals surface area contributed by atoms with Gasteiger partial charge in [-0.15, -0.1) is 0 Å². The van der Waals surface area contributed by atoms with Crippen LogP contribution in [0.1, 0.15) is 25.0 Å². The molecular weight excluding hydrogens is 1420 g/mol. The van der Waals surface area contributed by atoms with E-state index in [2.05, 4.69) is 407 Å². The van der Waals surface area contributed by atoms with E-state index < -0.39 is 0 Å². The summed E-state index contributed by atoms with van der Waals surface area (Å²) >= 11 is 0. The molecule has 17 aromatic carbocycles. The molecule has 546 valence electrons. The fourth-order valence-corrected chi connectivity index (χ4v) is 19.8. The van der Waals surface area contributed by atoms with Gasteiger partial charge in [0.25, 0.3) is 0 Å². The molecule has 7 aromatic heterocycles. The number of hydrogen-bond donors (Lipinski definition) is 0. The molecule has 0 saturated carbocycles. The Hall–Kier alpha value is -15.4. The monoisotopic (exact) mass is 1490 g/mol. The van der Waals surface area contributed by atoms with Gasteiger partial charge in [-0.25, -0.2) is 4.98 Å². The Morgan fingerprint density at radius 2 is 0.607 bits per heavy atom. The smallest absolute Gasteiger partial charge is 0.237 e. The number of rotatable bonds is 10. The Morgan fingerprint density at radius 3 is 1.21 bits per heavy atom. The number of nitrogens with zero attached hydrogens (tertiary/aromatic N) is 7. The van der Waals surface area contributed by atoms with Crippen molar-refractivity contribution in [3.8, 4) is 95.7 Å². The molecule has 0 unspecified atom stereocenters. The molecule has 25 rings (SSSR count). The van der Waals surface area contributed by atoms with Crippen LogP contribution in [0.15, 0.2) is 387 Å². The maximum atomic E-state index is 6.33. The number of benzene rings is 17. The lowest BCUT2D eigenvalue weighted by Crippen LogP contribution is -2.15. The Morgan fingerprint density at radius 1 is 0.214 bits per heavy atom. The third-order valence-corrected chi connectivity index (χ3v) is 25.3. The molecule has 8 heteroatoms. The minimum atomic E-state index is -0.244. The van der Waals surface area contributed by atoms with Crippen molar-refractivity contribution in [1.29, 1.82) is 0 Å². The van der Waals surface area contributed by atoms with Gasteiger partial charge in [-0.05, 0) is 212 Å². The van der Waals surface area contributed by atoms with Gasteiger partial charge in [0.15, 0.2) is 0 Å². The average Bonchev–Trinajstić information content (AvgIpc) is 1.54. The van der Waals surface area contributed by atoms with Crippen LogP contribution in [-0.4, -0.2) is 32.8 Å². The van der Waals surface area contributed by atoms with Crippen LogP contribution in [0, 0.1) is 0 Å². The highest BCUT2D eigenvalue weighted by atomic mass is 16.3. The standard InChI is InChI=1S/C109H69N7O/c1-109(2)92-37-15-9-31-78(92)86-63-90-82-35-13-19-41-98(82)116(104(90)64-93(86)109)108-110-94(65-107(111-108)115-97-40-18-12-34-81(97)89-57-68(47-53-101(89)115)71-48-54-106-91(60-71)85-36-14-20-42-105(85)117-106)74-25-21-23-66(55-74)67-24-22-30-77(56-67)114-102-61-72(69-45-51-99-87(58-69)79-32-10-16-38-95(79)112(99)75-26-5-3-6-27-75)43-49-83(102)84-50-44-73(62-103(84)114)70-46-52-100-88(59-70)80-33-11-17-39-96(80)113(100)76-28-7-4-8-29-76/h3-65H,1-2H3. The van der Waals surface area contributed by atoms with Gasteiger partial charge in [0.05, 0.1) is 60.9 Å². The lowest BCUT2D eigenvalue weighted by atomic mass is 9.82. The molecule has 0 amide bonds. The molecule has 0 atom stereocenters. The Balaban J connectivity index is 0.672. The molecular formula is C109H69N7O. The van der Waals surface area contributed by atoms with Crippen molar-refractivity contribution in [1.82, 2.24) is 32.8 Å². The van der Waals surface area contributed by atoms with Crippen molar-refractivity contribution < 1.29 is 4.42 Å². The van der Waals surface area contributed by atoms with E-state index in [0.29, 0.717) is 5.95 Å². The molecule has 0 aliphatic heterocycles. The molecule has 7 heterocycles. The van der Waals surface area contributed by atoms with E-state index in [1.165, 1.54) is 76.6 Å². The van der Waals surface area contributed by atoms with E-state index in [1.807, 2.05) is 12.1 Å². The van der Waals surface area contributed by atoms with Crippen molar-refractivity contribution >= 4 is 131 Å². The number of furan rings is 1. The lowest BCUT2D eigenvalue weighted by Gasteiger charge is -2.21. The zero-order valence-corrected chi connectivity index (χ0v) is 63.9. The molecule has 0 saturated heterocycles. The summed E-state index contributed by atoms with van der Waals surface area (Å²) in [4.78, 5) is 11.7. The van der Waals surface area contributed by atoms with Crippen LogP contribution in [0.3, 0.4) is 0 Å². The Kier molecular flexibility index (Phi) is 13.8. The van der Waals surface area contributed by atoms with E-state index in [-0.39, 0.29) is 5.41 Å². The molecule has 1 aliphatic carbocycles. The molecule has 0 bridgehead atoms. The van der Waals surface area contributed by atoms with Crippen LogP contribution >= 0.6 is 0 Å². The molecule has 0 spiro atoms. The van der Waals surface area contributed by atoms with E-state index in [4.69, 9.17) is 14.4 Å². The van der Waals surface area contributed by atoms with Crippen LogP contribution in [0.5, 0.6) is 0 Å². The first kappa shape index (κ1) is 65.2. The highest BCUT2D eigenvalue weighted by Crippen LogP contribution is 2.52. The highest BCUT2D eigenvalue weighted by molar-refractivity contribution is 6.17. The lowest BCUT2D eigenvalue weighted by molar-refractivity contribution is 0.661. The highest BCUT2D eigenvalue weighted by Gasteiger charge is 2.37. The number of aromatic nitrogens is 7. The van der Waals surface area contributed by atoms with Crippen molar-refractivity contribution in [2.75, 3.05) is 0 Å². The topological polar surface area (TPSA) is 63.6 Å². The second-order valence-corrected chi connectivity index (χ2v) is 32.0. The summed E-state index contributed by atoms with van der Waals surface area (Å²) in [7, 11) is 0. The largest absolute Gasteiger partial charge is 0.456 e. The third-order valence-electron chi connectivity index (χ3n) is 25.3. The van der Waals surface area contributed by atoms with E-state index in [0.717, 1.165) is 155 Å². The van der Waals surface area contributed by atoms with Gasteiger partial charge in [0.1, 0.15) is 17.0 Å². The van der Waals surface area contributed by atoms with Crippen LogP contribution in [0.4, 0.5) is 0 Å².